The summed E-state index contributed by atoms with van der Waals surface area (Å²) in [4.78, 5) is 0. The first-order valence-electron chi connectivity index (χ1n) is 4.11. The fourth-order valence-electron chi connectivity index (χ4n) is 1.69. The Hall–Kier alpha value is 0.463. The van der Waals surface area contributed by atoms with Gasteiger partial charge in [0.2, 0.25) is 0 Å². The molecule has 0 amide bonds. The molecule has 3 heteroatoms. The van der Waals surface area contributed by atoms with E-state index in [4.69, 9.17) is 7.53 Å². The normalized spacial score (nSPS) is 13.1. The Bertz CT molecular complexity index is 98.7. The van der Waals surface area contributed by atoms with Crippen molar-refractivity contribution in [2.75, 3.05) is 14.2 Å². The summed E-state index contributed by atoms with van der Waals surface area (Å²) >= 11 is -2.42. The van der Waals surface area contributed by atoms with Gasteiger partial charge in [-0.25, -0.2) is 0 Å². The Kier molecular flexibility index (Phi) is 4.67. The van der Waals surface area contributed by atoms with Crippen LogP contribution in [0.2, 0.25) is 9.50 Å². The predicted octanol–water partition coefficient (Wildman–Crippen LogP) is 2.54. The van der Waals surface area contributed by atoms with Crippen LogP contribution in [0.1, 0.15) is 27.7 Å². The van der Waals surface area contributed by atoms with Crippen LogP contribution in [0.25, 0.3) is 0 Å². The molecule has 0 atom stereocenters. The van der Waals surface area contributed by atoms with E-state index in [1.807, 2.05) is 0 Å². The molecule has 0 aromatic heterocycles. The van der Waals surface area contributed by atoms with Gasteiger partial charge in [-0.3, -0.25) is 0 Å². The Balaban J connectivity index is 4.46. The summed E-state index contributed by atoms with van der Waals surface area (Å²) in [7, 11) is 3.56. The number of hydrogen-bond acceptors (Lipinski definition) is 2. The quantitative estimate of drug-likeness (QED) is 0.679. The van der Waals surface area contributed by atoms with Crippen LogP contribution in [-0.2, 0) is 7.53 Å². The molecule has 0 aromatic rings. The molecule has 0 unspecified atom stereocenters. The van der Waals surface area contributed by atoms with Crippen LogP contribution in [0, 0.1) is 0 Å². The molecule has 0 rings (SSSR count). The average Bonchev–Trinajstić information content (AvgIpc) is 1.90. The maximum atomic E-state index is 5.58. The fraction of sp³-hybridized carbons (Fsp3) is 1.00. The first kappa shape index (κ1) is 11.5. The third kappa shape index (κ3) is 2.20. The van der Waals surface area contributed by atoms with Gasteiger partial charge in [0.25, 0.3) is 0 Å². The van der Waals surface area contributed by atoms with Crippen LogP contribution in [0.15, 0.2) is 0 Å². The Morgan fingerprint density at radius 3 is 1.09 bits per heavy atom. The molecule has 11 heavy (non-hydrogen) atoms. The molecule has 0 N–H and O–H groups in total. The first-order chi connectivity index (χ1) is 5.01. The summed E-state index contributed by atoms with van der Waals surface area (Å²) < 4.78 is 12.3. The minimum atomic E-state index is -2.42. The van der Waals surface area contributed by atoms with Crippen molar-refractivity contribution in [3.63, 3.8) is 0 Å². The molecular weight excluding hydrogens is 201 g/mol. The van der Waals surface area contributed by atoms with Crippen LogP contribution in [-0.4, -0.2) is 28.2 Å². The second kappa shape index (κ2) is 4.48. The van der Waals surface area contributed by atoms with Crippen molar-refractivity contribution in [2.45, 2.75) is 37.2 Å². The zero-order valence-electron chi connectivity index (χ0n) is 8.47. The molecule has 68 valence electrons. The van der Waals surface area contributed by atoms with E-state index in [1.165, 1.54) is 0 Å². The molecule has 0 saturated carbocycles. The summed E-state index contributed by atoms with van der Waals surface area (Å²) in [6, 6.07) is 0. The molecule has 0 radical (unpaired) electrons. The van der Waals surface area contributed by atoms with E-state index in [0.717, 1.165) is 0 Å². The van der Waals surface area contributed by atoms with Gasteiger partial charge in [0.05, 0.1) is 0 Å². The van der Waals surface area contributed by atoms with Crippen LogP contribution in [0.3, 0.4) is 0 Å². The average molecular weight is 221 g/mol. The van der Waals surface area contributed by atoms with Crippen molar-refractivity contribution in [3.8, 4) is 0 Å². The van der Waals surface area contributed by atoms with Crippen molar-refractivity contribution >= 4 is 13.9 Å². The second-order valence-electron chi connectivity index (χ2n) is 3.44. The van der Waals surface area contributed by atoms with Gasteiger partial charge in [0, 0.05) is 0 Å². The van der Waals surface area contributed by atoms with E-state index in [9.17, 15) is 0 Å². The van der Waals surface area contributed by atoms with Gasteiger partial charge < -0.3 is 0 Å². The molecule has 0 heterocycles. The van der Waals surface area contributed by atoms with E-state index >= 15 is 0 Å². The van der Waals surface area contributed by atoms with Crippen molar-refractivity contribution in [1.29, 1.82) is 0 Å². The molecule has 0 saturated heterocycles. The zero-order valence-corrected chi connectivity index (χ0v) is 10.6. The standard InChI is InChI=1S/C8H20GeO2/c1-7(2)9(10-5,11-6)8(3)4/h7-8H,1-6H3. The van der Waals surface area contributed by atoms with Crippen molar-refractivity contribution < 1.29 is 7.53 Å². The topological polar surface area (TPSA) is 18.5 Å². The van der Waals surface area contributed by atoms with E-state index in [1.54, 1.807) is 14.2 Å². The second-order valence-corrected chi connectivity index (χ2v) is 13.0. The summed E-state index contributed by atoms with van der Waals surface area (Å²) in [5, 5.41) is 0. The summed E-state index contributed by atoms with van der Waals surface area (Å²) in [6.07, 6.45) is 0. The molecule has 0 aliphatic carbocycles. The Morgan fingerprint density at radius 1 is 0.818 bits per heavy atom. The molecule has 0 aliphatic rings. The van der Waals surface area contributed by atoms with E-state index < -0.39 is 13.9 Å². The summed E-state index contributed by atoms with van der Waals surface area (Å²) in [5.74, 6) is 0. The van der Waals surface area contributed by atoms with Crippen molar-refractivity contribution in [2.24, 2.45) is 0 Å². The van der Waals surface area contributed by atoms with Gasteiger partial charge in [0.15, 0.2) is 0 Å². The third-order valence-electron chi connectivity index (χ3n) is 2.25. The van der Waals surface area contributed by atoms with Gasteiger partial charge >= 0.3 is 72.9 Å². The van der Waals surface area contributed by atoms with Crippen molar-refractivity contribution in [3.05, 3.63) is 0 Å². The van der Waals surface area contributed by atoms with Crippen LogP contribution < -0.4 is 0 Å². The summed E-state index contributed by atoms with van der Waals surface area (Å²) in [6.45, 7) is 8.75. The first-order valence-corrected chi connectivity index (χ1v) is 8.25. The Labute approximate surface area is 73.3 Å². The SMILES string of the molecule is C[O][Ge]([O]C)([CH](C)C)[CH](C)C. The van der Waals surface area contributed by atoms with Crippen LogP contribution in [0.4, 0.5) is 0 Å². The third-order valence-corrected chi connectivity index (χ3v) is 11.7. The molecule has 0 fully saturated rings. The van der Waals surface area contributed by atoms with E-state index in [-0.39, 0.29) is 0 Å². The molecule has 2 nitrogen and oxygen atoms in total. The van der Waals surface area contributed by atoms with Gasteiger partial charge in [-0.15, -0.1) is 0 Å². The van der Waals surface area contributed by atoms with Gasteiger partial charge in [-0.2, -0.15) is 0 Å². The van der Waals surface area contributed by atoms with Crippen molar-refractivity contribution in [1.82, 2.24) is 0 Å². The van der Waals surface area contributed by atoms with Gasteiger partial charge in [0.1, 0.15) is 0 Å². The monoisotopic (exact) mass is 222 g/mol. The van der Waals surface area contributed by atoms with Gasteiger partial charge in [-0.05, 0) is 0 Å². The van der Waals surface area contributed by atoms with E-state index in [2.05, 4.69) is 27.7 Å². The molecule has 0 spiro atoms. The van der Waals surface area contributed by atoms with E-state index in [0.29, 0.717) is 9.50 Å². The summed E-state index contributed by atoms with van der Waals surface area (Å²) in [5.41, 5.74) is 0. The molecule has 0 aliphatic heterocycles. The molecular formula is C8H20GeO2. The van der Waals surface area contributed by atoms with Crippen LogP contribution >= 0.6 is 0 Å². The predicted molar refractivity (Wildman–Crippen MR) is 50.0 cm³/mol. The fourth-order valence-corrected chi connectivity index (χ4v) is 8.80. The number of hydrogen-bond donors (Lipinski definition) is 0. The maximum absolute atomic E-state index is 5.58. The molecule has 0 bridgehead atoms. The minimum absolute atomic E-state index is 0.560. The number of rotatable bonds is 4. The zero-order chi connectivity index (χ0) is 9.07. The molecule has 0 aromatic carbocycles. The van der Waals surface area contributed by atoms with Crippen LogP contribution in [0.5, 0.6) is 0 Å². The van der Waals surface area contributed by atoms with Gasteiger partial charge in [-0.1, -0.05) is 0 Å². The Morgan fingerprint density at radius 2 is 1.09 bits per heavy atom.